The second-order valence-corrected chi connectivity index (χ2v) is 8.76. The number of nitrogens with one attached hydrogen (secondary N) is 2. The van der Waals surface area contributed by atoms with Crippen LogP contribution in [0, 0.1) is 17.8 Å². The van der Waals surface area contributed by atoms with Gasteiger partial charge in [0.15, 0.2) is 0 Å². The Kier molecular flexibility index (Phi) is 6.56. The summed E-state index contributed by atoms with van der Waals surface area (Å²) in [5.41, 5.74) is 5.50. The fourth-order valence-electron chi connectivity index (χ4n) is 5.16. The quantitative estimate of drug-likeness (QED) is 0.685. The largest absolute Gasteiger partial charge is 0.352 e. The van der Waals surface area contributed by atoms with Crippen molar-refractivity contribution in [3.05, 3.63) is 0 Å². The number of carbonyl (C=O) groups is 2. The van der Waals surface area contributed by atoms with Crippen LogP contribution in [-0.4, -0.2) is 54.5 Å². The van der Waals surface area contributed by atoms with Crippen LogP contribution in [0.2, 0.25) is 0 Å². The minimum atomic E-state index is -0.0398. The van der Waals surface area contributed by atoms with Crippen LogP contribution in [0.4, 0.5) is 0 Å². The van der Waals surface area contributed by atoms with Crippen molar-refractivity contribution < 1.29 is 9.59 Å². The Morgan fingerprint density at radius 1 is 1.19 bits per heavy atom. The van der Waals surface area contributed by atoms with Crippen molar-refractivity contribution >= 4 is 11.8 Å². The smallest absolute Gasteiger partial charge is 0.237 e. The molecule has 1 aliphatic carbocycles. The van der Waals surface area contributed by atoms with E-state index in [1.54, 1.807) is 0 Å². The molecule has 26 heavy (non-hydrogen) atoms. The number of nitrogens with two attached hydrogens (primary N) is 1. The fourth-order valence-corrected chi connectivity index (χ4v) is 5.16. The van der Waals surface area contributed by atoms with Crippen LogP contribution in [0.15, 0.2) is 0 Å². The first-order valence-electron chi connectivity index (χ1n) is 10.5. The van der Waals surface area contributed by atoms with Crippen molar-refractivity contribution in [2.24, 2.45) is 23.5 Å². The van der Waals surface area contributed by atoms with Crippen LogP contribution in [0.1, 0.15) is 58.8 Å². The second kappa shape index (κ2) is 8.70. The summed E-state index contributed by atoms with van der Waals surface area (Å²) >= 11 is 0. The van der Waals surface area contributed by atoms with Gasteiger partial charge in [-0.05, 0) is 56.4 Å². The number of amides is 2. The summed E-state index contributed by atoms with van der Waals surface area (Å²) in [5, 5.41) is 6.89. The minimum absolute atomic E-state index is 0.0398. The molecule has 0 bridgehead atoms. The van der Waals surface area contributed by atoms with Gasteiger partial charge in [0.25, 0.3) is 0 Å². The van der Waals surface area contributed by atoms with E-state index in [-0.39, 0.29) is 29.8 Å². The lowest BCUT2D eigenvalue weighted by atomic mass is 9.78. The molecule has 2 amide bonds. The molecule has 6 heteroatoms. The lowest BCUT2D eigenvalue weighted by molar-refractivity contribution is -0.133. The van der Waals surface area contributed by atoms with Gasteiger partial charge in [0.1, 0.15) is 0 Å². The Bertz CT molecular complexity index is 512. The van der Waals surface area contributed by atoms with Crippen molar-refractivity contribution in [2.45, 2.75) is 76.9 Å². The predicted molar refractivity (Wildman–Crippen MR) is 102 cm³/mol. The normalized spacial score (nSPS) is 37.3. The van der Waals surface area contributed by atoms with E-state index in [9.17, 15) is 9.59 Å². The third kappa shape index (κ3) is 4.39. The van der Waals surface area contributed by atoms with Crippen LogP contribution < -0.4 is 16.4 Å². The van der Waals surface area contributed by atoms with Gasteiger partial charge >= 0.3 is 0 Å². The topological polar surface area (TPSA) is 87.5 Å². The van der Waals surface area contributed by atoms with Crippen molar-refractivity contribution in [1.82, 2.24) is 15.5 Å². The molecular weight excluding hydrogens is 328 g/mol. The van der Waals surface area contributed by atoms with E-state index in [1.807, 2.05) is 4.90 Å². The standard InChI is InChI=1S/C20H36N4O2/c1-13-5-3-6-15-11-17(22-19(13)15)20(26)23-16-8-10-24(12-14(16)2)18(25)7-4-9-21/h13-17,19,22H,3-12,21H2,1-2H3,(H,23,26)/t13?,14-,15?,16+,17?,19?/m0/s1. The average molecular weight is 365 g/mol. The van der Waals surface area contributed by atoms with E-state index in [1.165, 1.54) is 19.3 Å². The van der Waals surface area contributed by atoms with Gasteiger partial charge in [-0.15, -0.1) is 0 Å². The molecule has 2 aliphatic heterocycles. The Morgan fingerprint density at radius 2 is 2.00 bits per heavy atom. The summed E-state index contributed by atoms with van der Waals surface area (Å²) in [7, 11) is 0. The van der Waals surface area contributed by atoms with E-state index >= 15 is 0 Å². The summed E-state index contributed by atoms with van der Waals surface area (Å²) in [6, 6.07) is 0.642. The molecule has 0 aromatic rings. The zero-order chi connectivity index (χ0) is 18.7. The minimum Gasteiger partial charge on any atom is -0.352 e. The summed E-state index contributed by atoms with van der Waals surface area (Å²) in [4.78, 5) is 26.9. The van der Waals surface area contributed by atoms with Crippen LogP contribution in [0.3, 0.4) is 0 Å². The number of piperidine rings is 1. The first-order chi connectivity index (χ1) is 12.5. The molecule has 6 nitrogen and oxygen atoms in total. The predicted octanol–water partition coefficient (Wildman–Crippen LogP) is 1.25. The monoisotopic (exact) mass is 364 g/mol. The first kappa shape index (κ1) is 19.6. The van der Waals surface area contributed by atoms with Gasteiger partial charge in [-0.1, -0.05) is 20.3 Å². The molecule has 4 unspecified atom stereocenters. The Labute approximate surface area is 157 Å². The maximum absolute atomic E-state index is 12.8. The fraction of sp³-hybridized carbons (Fsp3) is 0.900. The number of carbonyl (C=O) groups excluding carboxylic acids is 2. The molecule has 3 aliphatic rings. The van der Waals surface area contributed by atoms with E-state index in [4.69, 9.17) is 5.73 Å². The molecule has 148 valence electrons. The Hall–Kier alpha value is -1.14. The first-order valence-corrected chi connectivity index (χ1v) is 10.5. The highest BCUT2D eigenvalue weighted by molar-refractivity contribution is 5.82. The average Bonchev–Trinajstić information content (AvgIpc) is 3.07. The van der Waals surface area contributed by atoms with Crippen molar-refractivity contribution in [3.8, 4) is 0 Å². The lowest BCUT2D eigenvalue weighted by Gasteiger charge is -2.37. The number of rotatable bonds is 5. The summed E-state index contributed by atoms with van der Waals surface area (Å²) in [6.45, 7) is 6.47. The van der Waals surface area contributed by atoms with Crippen LogP contribution in [-0.2, 0) is 9.59 Å². The molecule has 3 rings (SSSR count). The lowest BCUT2D eigenvalue weighted by Crippen LogP contribution is -2.54. The van der Waals surface area contributed by atoms with Gasteiger partial charge in [-0.3, -0.25) is 9.59 Å². The van der Waals surface area contributed by atoms with Gasteiger partial charge in [-0.2, -0.15) is 0 Å². The molecule has 4 N–H and O–H groups in total. The highest BCUT2D eigenvalue weighted by atomic mass is 16.2. The molecule has 0 radical (unpaired) electrons. The summed E-state index contributed by atoms with van der Waals surface area (Å²) < 4.78 is 0. The van der Waals surface area contributed by atoms with Crippen molar-refractivity contribution in [1.29, 1.82) is 0 Å². The molecular formula is C20H36N4O2. The van der Waals surface area contributed by atoms with Gasteiger partial charge < -0.3 is 21.3 Å². The number of fused-ring (bicyclic) bond motifs is 1. The molecule has 6 atom stereocenters. The molecule has 3 fully saturated rings. The molecule has 2 heterocycles. The van der Waals surface area contributed by atoms with Crippen LogP contribution in [0.25, 0.3) is 0 Å². The van der Waals surface area contributed by atoms with Crippen LogP contribution >= 0.6 is 0 Å². The van der Waals surface area contributed by atoms with Gasteiger partial charge in [0, 0.05) is 31.6 Å². The number of likely N-dealkylation sites (tertiary alicyclic amines) is 1. The SMILES string of the molecule is CC1CCCC2CC(C(=O)N[C@@H]3CCN(C(=O)CCCN)C[C@@H]3C)NC12. The van der Waals surface area contributed by atoms with Gasteiger partial charge in [0.05, 0.1) is 6.04 Å². The summed E-state index contributed by atoms with van der Waals surface area (Å²) in [6.07, 6.45) is 6.93. The molecule has 0 spiro atoms. The Morgan fingerprint density at radius 3 is 2.69 bits per heavy atom. The summed E-state index contributed by atoms with van der Waals surface area (Å²) in [5.74, 6) is 1.98. The zero-order valence-electron chi connectivity index (χ0n) is 16.4. The highest BCUT2D eigenvalue weighted by Gasteiger charge is 2.42. The molecule has 0 aromatic carbocycles. The van der Waals surface area contributed by atoms with E-state index in [0.717, 1.165) is 32.4 Å². The van der Waals surface area contributed by atoms with Crippen LogP contribution in [0.5, 0.6) is 0 Å². The molecule has 2 saturated heterocycles. The molecule has 0 aromatic heterocycles. The zero-order valence-corrected chi connectivity index (χ0v) is 16.4. The Balaban J connectivity index is 1.47. The molecule has 1 saturated carbocycles. The third-order valence-corrected chi connectivity index (χ3v) is 6.78. The maximum Gasteiger partial charge on any atom is 0.237 e. The maximum atomic E-state index is 12.8. The highest BCUT2D eigenvalue weighted by Crippen LogP contribution is 2.36. The van der Waals surface area contributed by atoms with E-state index in [0.29, 0.717) is 30.8 Å². The van der Waals surface area contributed by atoms with Crippen molar-refractivity contribution in [2.75, 3.05) is 19.6 Å². The number of hydrogen-bond donors (Lipinski definition) is 3. The van der Waals surface area contributed by atoms with Crippen molar-refractivity contribution in [3.63, 3.8) is 0 Å². The van der Waals surface area contributed by atoms with Gasteiger partial charge in [-0.25, -0.2) is 0 Å². The number of hydrogen-bond acceptors (Lipinski definition) is 4. The van der Waals surface area contributed by atoms with Gasteiger partial charge in [0.2, 0.25) is 11.8 Å². The van der Waals surface area contributed by atoms with E-state index in [2.05, 4.69) is 24.5 Å². The second-order valence-electron chi connectivity index (χ2n) is 8.76. The van der Waals surface area contributed by atoms with E-state index < -0.39 is 0 Å². The number of nitrogens with zero attached hydrogens (tertiary/aromatic N) is 1. The third-order valence-electron chi connectivity index (χ3n) is 6.78.